The molecule has 1 aliphatic rings. The van der Waals surface area contributed by atoms with Crippen molar-refractivity contribution in [2.24, 2.45) is 0 Å². The summed E-state index contributed by atoms with van der Waals surface area (Å²) in [5.74, 6) is 0.469. The third-order valence-electron chi connectivity index (χ3n) is 5.51. The Hall–Kier alpha value is -2.47. The minimum absolute atomic E-state index is 0.123. The molecule has 1 aliphatic carbocycles. The van der Waals surface area contributed by atoms with Crippen LogP contribution in [0.15, 0.2) is 35.1 Å². The summed E-state index contributed by atoms with van der Waals surface area (Å²) >= 11 is 1.66. The van der Waals surface area contributed by atoms with Crippen molar-refractivity contribution in [1.29, 1.82) is 0 Å². The second kappa shape index (κ2) is 8.91. The van der Waals surface area contributed by atoms with Crippen molar-refractivity contribution in [2.75, 3.05) is 5.43 Å². The van der Waals surface area contributed by atoms with E-state index in [1.165, 1.54) is 16.0 Å². The molecule has 0 atom stereocenters. The van der Waals surface area contributed by atoms with Gasteiger partial charge in [0.05, 0.1) is 11.8 Å². The number of hydrogen-bond donors (Lipinski definition) is 1. The quantitative estimate of drug-likeness (QED) is 0.589. The number of thiophene rings is 1. The molecule has 0 unspecified atom stereocenters. The largest absolute Gasteiger partial charge is 0.281 e. The van der Waals surface area contributed by atoms with Crippen molar-refractivity contribution in [3.63, 3.8) is 0 Å². The van der Waals surface area contributed by atoms with Gasteiger partial charge in [-0.05, 0) is 43.2 Å². The smallest absolute Gasteiger partial charge is 0.273 e. The Bertz CT molecular complexity index is 1070. The van der Waals surface area contributed by atoms with Gasteiger partial charge in [-0.1, -0.05) is 50.1 Å². The van der Waals surface area contributed by atoms with Crippen LogP contribution in [-0.2, 0) is 30.5 Å². The molecule has 6 heteroatoms. The Morgan fingerprint density at radius 1 is 1.17 bits per heavy atom. The molecule has 0 aliphatic heterocycles. The lowest BCUT2D eigenvalue weighted by atomic mass is 9.97. The van der Waals surface area contributed by atoms with Crippen molar-refractivity contribution in [3.05, 3.63) is 62.5 Å². The van der Waals surface area contributed by atoms with Crippen LogP contribution in [0.1, 0.15) is 60.9 Å². The predicted molar refractivity (Wildman–Crippen MR) is 118 cm³/mol. The standard InChI is InChI=1S/C23H27N3O2S/c1-2-3-5-14-19-24-22-21(17-12-8-9-13-18(17)29-22)23(28)26(19)25-20(27)15-16-10-6-4-7-11-16/h4,6-7,10-11H,2-3,5,8-9,12-15H2,1H3,(H,25,27). The van der Waals surface area contributed by atoms with Gasteiger partial charge in [-0.25, -0.2) is 9.66 Å². The zero-order valence-corrected chi connectivity index (χ0v) is 17.7. The van der Waals surface area contributed by atoms with Crippen LogP contribution >= 0.6 is 11.3 Å². The summed E-state index contributed by atoms with van der Waals surface area (Å²) < 4.78 is 1.42. The minimum Gasteiger partial charge on any atom is -0.273 e. The molecule has 0 bridgehead atoms. The molecule has 29 heavy (non-hydrogen) atoms. The van der Waals surface area contributed by atoms with Crippen LogP contribution < -0.4 is 11.0 Å². The number of nitrogens with zero attached hydrogens (tertiary/aromatic N) is 2. The normalized spacial score (nSPS) is 13.4. The molecule has 0 fully saturated rings. The summed E-state index contributed by atoms with van der Waals surface area (Å²) in [6.45, 7) is 2.15. The Morgan fingerprint density at radius 3 is 2.76 bits per heavy atom. The summed E-state index contributed by atoms with van der Waals surface area (Å²) in [7, 11) is 0. The first-order chi connectivity index (χ1) is 14.2. The lowest BCUT2D eigenvalue weighted by Gasteiger charge is -2.14. The molecule has 1 amide bonds. The molecule has 152 valence electrons. The number of benzene rings is 1. The van der Waals surface area contributed by atoms with Crippen LogP contribution in [0.5, 0.6) is 0 Å². The maximum absolute atomic E-state index is 13.4. The summed E-state index contributed by atoms with van der Waals surface area (Å²) in [6.07, 6.45) is 8.29. The van der Waals surface area contributed by atoms with E-state index in [9.17, 15) is 9.59 Å². The monoisotopic (exact) mass is 409 g/mol. The van der Waals surface area contributed by atoms with Gasteiger partial charge in [-0.15, -0.1) is 11.3 Å². The van der Waals surface area contributed by atoms with E-state index in [1.807, 2.05) is 30.3 Å². The number of nitrogens with one attached hydrogen (secondary N) is 1. The molecule has 0 radical (unpaired) electrons. The van der Waals surface area contributed by atoms with E-state index in [1.54, 1.807) is 11.3 Å². The van der Waals surface area contributed by atoms with Gasteiger partial charge >= 0.3 is 0 Å². The molecule has 1 aromatic carbocycles. The first kappa shape index (κ1) is 19.8. The molecule has 0 saturated heterocycles. The zero-order chi connectivity index (χ0) is 20.2. The van der Waals surface area contributed by atoms with E-state index in [4.69, 9.17) is 4.98 Å². The third-order valence-corrected chi connectivity index (χ3v) is 6.69. The molecule has 3 aromatic rings. The van der Waals surface area contributed by atoms with Gasteiger partial charge in [0.1, 0.15) is 10.7 Å². The molecule has 0 spiro atoms. The van der Waals surface area contributed by atoms with Gasteiger partial charge in [-0.3, -0.25) is 15.0 Å². The lowest BCUT2D eigenvalue weighted by molar-refractivity contribution is -0.116. The highest BCUT2D eigenvalue weighted by Crippen LogP contribution is 2.33. The molecule has 1 N–H and O–H groups in total. The third kappa shape index (κ3) is 4.27. The van der Waals surface area contributed by atoms with Crippen LogP contribution in [0, 0.1) is 0 Å². The van der Waals surface area contributed by atoms with Gasteiger partial charge in [-0.2, -0.15) is 0 Å². The van der Waals surface area contributed by atoms with Crippen LogP contribution in [0.25, 0.3) is 10.2 Å². The number of amides is 1. The van der Waals surface area contributed by atoms with Gasteiger partial charge < -0.3 is 0 Å². The lowest BCUT2D eigenvalue weighted by Crippen LogP contribution is -2.37. The van der Waals surface area contributed by atoms with E-state index < -0.39 is 0 Å². The van der Waals surface area contributed by atoms with Crippen LogP contribution in [0.2, 0.25) is 0 Å². The molecular weight excluding hydrogens is 382 g/mol. The van der Waals surface area contributed by atoms with Gasteiger partial charge in [0.15, 0.2) is 0 Å². The summed E-state index contributed by atoms with van der Waals surface area (Å²) in [5.41, 5.74) is 4.80. The average Bonchev–Trinajstić information content (AvgIpc) is 3.10. The molecule has 2 aromatic heterocycles. The van der Waals surface area contributed by atoms with Crippen molar-refractivity contribution < 1.29 is 4.79 Å². The number of aryl methyl sites for hydroxylation is 3. The SMILES string of the molecule is CCCCCc1nc2sc3c(c2c(=O)n1NC(=O)Cc1ccccc1)CCCC3. The van der Waals surface area contributed by atoms with Gasteiger partial charge in [0.25, 0.3) is 5.56 Å². The van der Waals surface area contributed by atoms with Crippen molar-refractivity contribution in [3.8, 4) is 0 Å². The number of carbonyl (C=O) groups excluding carboxylic acids is 1. The maximum atomic E-state index is 13.4. The number of carbonyl (C=O) groups is 1. The molecule has 5 nitrogen and oxygen atoms in total. The predicted octanol–water partition coefficient (Wildman–Crippen LogP) is 4.38. The molecule has 0 saturated carbocycles. The summed E-state index contributed by atoms with van der Waals surface area (Å²) in [4.78, 5) is 33.1. The Kier molecular flexibility index (Phi) is 6.09. The number of aromatic nitrogens is 2. The van der Waals surface area contributed by atoms with Gasteiger partial charge in [0, 0.05) is 11.3 Å². The fourth-order valence-electron chi connectivity index (χ4n) is 4.01. The highest BCUT2D eigenvalue weighted by molar-refractivity contribution is 7.18. The van der Waals surface area contributed by atoms with E-state index in [-0.39, 0.29) is 17.9 Å². The maximum Gasteiger partial charge on any atom is 0.281 e. The molecule has 4 rings (SSSR count). The molecular formula is C23H27N3O2S. The van der Waals surface area contributed by atoms with E-state index in [0.717, 1.165) is 54.5 Å². The van der Waals surface area contributed by atoms with E-state index in [0.29, 0.717) is 17.6 Å². The van der Waals surface area contributed by atoms with Crippen LogP contribution in [-0.4, -0.2) is 15.6 Å². The fraction of sp³-hybridized carbons (Fsp3) is 0.435. The fourth-order valence-corrected chi connectivity index (χ4v) is 5.28. The van der Waals surface area contributed by atoms with E-state index >= 15 is 0 Å². The summed E-state index contributed by atoms with van der Waals surface area (Å²) in [6, 6.07) is 9.59. The number of fused-ring (bicyclic) bond motifs is 3. The molecule has 2 heterocycles. The Morgan fingerprint density at radius 2 is 1.97 bits per heavy atom. The highest BCUT2D eigenvalue weighted by atomic mass is 32.1. The minimum atomic E-state index is -0.194. The second-order valence-electron chi connectivity index (χ2n) is 7.71. The first-order valence-corrected chi connectivity index (χ1v) is 11.4. The van der Waals surface area contributed by atoms with E-state index in [2.05, 4.69) is 12.3 Å². The topological polar surface area (TPSA) is 64.0 Å². The van der Waals surface area contributed by atoms with Crippen molar-refractivity contribution in [2.45, 2.75) is 64.7 Å². The Labute approximate surface area is 174 Å². The van der Waals surface area contributed by atoms with Crippen LogP contribution in [0.4, 0.5) is 0 Å². The highest BCUT2D eigenvalue weighted by Gasteiger charge is 2.22. The van der Waals surface area contributed by atoms with Crippen LogP contribution in [0.3, 0.4) is 0 Å². The zero-order valence-electron chi connectivity index (χ0n) is 16.9. The van der Waals surface area contributed by atoms with Crippen molar-refractivity contribution in [1.82, 2.24) is 9.66 Å². The Balaban J connectivity index is 1.70. The first-order valence-electron chi connectivity index (χ1n) is 10.6. The number of rotatable bonds is 7. The number of unbranched alkanes of at least 4 members (excludes halogenated alkanes) is 2. The van der Waals surface area contributed by atoms with Crippen molar-refractivity contribution >= 4 is 27.5 Å². The number of hydrogen-bond acceptors (Lipinski definition) is 4. The summed E-state index contributed by atoms with van der Waals surface area (Å²) in [5, 5.41) is 0.712. The second-order valence-corrected chi connectivity index (χ2v) is 8.80. The van der Waals surface area contributed by atoms with Gasteiger partial charge in [0.2, 0.25) is 5.91 Å². The average molecular weight is 410 g/mol.